The van der Waals surface area contributed by atoms with E-state index in [1.54, 1.807) is 7.11 Å². The van der Waals surface area contributed by atoms with Gasteiger partial charge in [-0.2, -0.15) is 5.26 Å². The van der Waals surface area contributed by atoms with Gasteiger partial charge in [0.25, 0.3) is 0 Å². The number of rotatable bonds is 6. The minimum atomic E-state index is 0.488. The molecule has 0 aliphatic heterocycles. The number of aromatic nitrogens is 1. The molecular weight excluding hydrogens is 382 g/mol. The van der Waals surface area contributed by atoms with Crippen LogP contribution in [0.2, 0.25) is 0 Å². The summed E-state index contributed by atoms with van der Waals surface area (Å²) in [6.07, 6.45) is 0. The predicted octanol–water partition coefficient (Wildman–Crippen LogP) is 4.13. The fourth-order valence-electron chi connectivity index (χ4n) is 2.90. The highest BCUT2D eigenvalue weighted by Crippen LogP contribution is 2.24. The zero-order valence-corrected chi connectivity index (χ0v) is 17.5. The smallest absolute Gasteiger partial charge is 0.170 e. The van der Waals surface area contributed by atoms with Gasteiger partial charge in [0, 0.05) is 24.2 Å². The molecule has 0 saturated heterocycles. The van der Waals surface area contributed by atoms with Crippen molar-refractivity contribution in [3.05, 3.63) is 59.2 Å². The number of fused-ring (bicyclic) bond motifs is 1. The fraction of sp³-hybridized carbons (Fsp3) is 0.227. The number of hydrogen-bond donors (Lipinski definition) is 3. The maximum atomic E-state index is 9.45. The number of pyridine rings is 1. The van der Waals surface area contributed by atoms with E-state index in [2.05, 4.69) is 45.2 Å². The molecule has 3 aromatic rings. The summed E-state index contributed by atoms with van der Waals surface area (Å²) in [6, 6.07) is 15.8. The second kappa shape index (κ2) is 9.22. The molecule has 0 aliphatic carbocycles. The molecule has 0 fully saturated rings. The van der Waals surface area contributed by atoms with E-state index in [9.17, 15) is 5.26 Å². The van der Waals surface area contributed by atoms with Crippen molar-refractivity contribution in [1.82, 2.24) is 10.3 Å². The number of ether oxygens (including phenoxy) is 1. The number of nitriles is 1. The SMILES string of the molecule is COc1ccc2nc(NCCNC(=S)Nc3cc(C)ccc3C)c(C#N)cc2c1. The number of nitrogens with one attached hydrogen (secondary N) is 3. The Hall–Kier alpha value is -3.37. The van der Waals surface area contributed by atoms with Gasteiger partial charge in [-0.15, -0.1) is 0 Å². The molecule has 0 spiro atoms. The van der Waals surface area contributed by atoms with Gasteiger partial charge in [0.15, 0.2) is 5.11 Å². The Morgan fingerprint density at radius 3 is 2.72 bits per heavy atom. The van der Waals surface area contributed by atoms with Crippen LogP contribution < -0.4 is 20.7 Å². The van der Waals surface area contributed by atoms with Crippen molar-refractivity contribution < 1.29 is 4.74 Å². The van der Waals surface area contributed by atoms with E-state index in [0.29, 0.717) is 29.6 Å². The molecule has 3 rings (SSSR count). The van der Waals surface area contributed by atoms with E-state index in [0.717, 1.165) is 27.9 Å². The number of aryl methyl sites for hydroxylation is 2. The van der Waals surface area contributed by atoms with Crippen molar-refractivity contribution in [1.29, 1.82) is 5.26 Å². The van der Waals surface area contributed by atoms with Crippen LogP contribution in [0.5, 0.6) is 5.75 Å². The number of benzene rings is 2. The normalized spacial score (nSPS) is 10.3. The molecule has 0 amide bonds. The number of hydrogen-bond acceptors (Lipinski definition) is 5. The number of methoxy groups -OCH3 is 1. The third-order valence-corrected chi connectivity index (χ3v) is 4.73. The van der Waals surface area contributed by atoms with Crippen LogP contribution in [0.4, 0.5) is 11.5 Å². The molecule has 0 radical (unpaired) electrons. The zero-order chi connectivity index (χ0) is 20.8. The quantitative estimate of drug-likeness (QED) is 0.420. The molecule has 7 heteroatoms. The van der Waals surface area contributed by atoms with Crippen molar-refractivity contribution in [3.8, 4) is 11.8 Å². The average Bonchev–Trinajstić information content (AvgIpc) is 2.72. The Kier molecular flexibility index (Phi) is 6.47. The van der Waals surface area contributed by atoms with E-state index >= 15 is 0 Å². The summed E-state index contributed by atoms with van der Waals surface area (Å²) in [5, 5.41) is 20.5. The molecular formula is C22H23N5OS. The highest BCUT2D eigenvalue weighted by atomic mass is 32.1. The second-order valence-electron chi connectivity index (χ2n) is 6.68. The second-order valence-corrected chi connectivity index (χ2v) is 7.09. The zero-order valence-electron chi connectivity index (χ0n) is 16.7. The summed E-state index contributed by atoms with van der Waals surface area (Å²) in [6.45, 7) is 5.24. The first kappa shape index (κ1) is 20.4. The molecule has 0 atom stereocenters. The molecule has 1 heterocycles. The maximum absolute atomic E-state index is 9.45. The van der Waals surface area contributed by atoms with E-state index in [1.807, 2.05) is 38.1 Å². The summed E-state index contributed by atoms with van der Waals surface area (Å²) in [5.74, 6) is 1.29. The van der Waals surface area contributed by atoms with Gasteiger partial charge in [-0.3, -0.25) is 0 Å². The summed E-state index contributed by atoms with van der Waals surface area (Å²) >= 11 is 5.37. The molecule has 0 bridgehead atoms. The first-order valence-electron chi connectivity index (χ1n) is 9.25. The highest BCUT2D eigenvalue weighted by Gasteiger charge is 2.08. The van der Waals surface area contributed by atoms with E-state index in [4.69, 9.17) is 17.0 Å². The van der Waals surface area contributed by atoms with Crippen molar-refractivity contribution in [2.24, 2.45) is 0 Å². The molecule has 148 valence electrons. The first-order valence-corrected chi connectivity index (χ1v) is 9.66. The van der Waals surface area contributed by atoms with Gasteiger partial charge < -0.3 is 20.7 Å². The lowest BCUT2D eigenvalue weighted by atomic mass is 10.1. The third kappa shape index (κ3) is 5.12. The molecule has 0 saturated carbocycles. The molecule has 29 heavy (non-hydrogen) atoms. The van der Waals surface area contributed by atoms with Crippen LogP contribution in [-0.2, 0) is 0 Å². The Balaban J connectivity index is 1.58. The Morgan fingerprint density at radius 1 is 1.14 bits per heavy atom. The van der Waals surface area contributed by atoms with Crippen molar-refractivity contribution in [2.45, 2.75) is 13.8 Å². The van der Waals surface area contributed by atoms with Crippen LogP contribution in [0.1, 0.15) is 16.7 Å². The van der Waals surface area contributed by atoms with Gasteiger partial charge in [0.05, 0.1) is 18.2 Å². The van der Waals surface area contributed by atoms with Crippen LogP contribution >= 0.6 is 12.2 Å². The third-order valence-electron chi connectivity index (χ3n) is 4.49. The van der Waals surface area contributed by atoms with Gasteiger partial charge in [-0.25, -0.2) is 4.98 Å². The number of nitrogens with zero attached hydrogens (tertiary/aromatic N) is 2. The van der Waals surface area contributed by atoms with Crippen LogP contribution in [0, 0.1) is 25.2 Å². The monoisotopic (exact) mass is 405 g/mol. The van der Waals surface area contributed by atoms with Gasteiger partial charge in [0.2, 0.25) is 0 Å². The molecule has 0 aliphatic rings. The molecule has 1 aromatic heterocycles. The Labute approximate surface area is 175 Å². The van der Waals surface area contributed by atoms with Crippen LogP contribution in [0.15, 0.2) is 42.5 Å². The van der Waals surface area contributed by atoms with Crippen LogP contribution in [-0.4, -0.2) is 30.3 Å². The maximum Gasteiger partial charge on any atom is 0.170 e. The van der Waals surface area contributed by atoms with Gasteiger partial charge in [0.1, 0.15) is 17.6 Å². The van der Waals surface area contributed by atoms with Crippen LogP contribution in [0.3, 0.4) is 0 Å². The lowest BCUT2D eigenvalue weighted by Gasteiger charge is -2.14. The largest absolute Gasteiger partial charge is 0.497 e. The summed E-state index contributed by atoms with van der Waals surface area (Å²) in [7, 11) is 1.61. The first-order chi connectivity index (χ1) is 14.0. The molecule has 6 nitrogen and oxygen atoms in total. The van der Waals surface area contributed by atoms with Gasteiger partial charge >= 0.3 is 0 Å². The lowest BCUT2D eigenvalue weighted by Crippen LogP contribution is -2.32. The summed E-state index contributed by atoms with van der Waals surface area (Å²) in [5.41, 5.74) is 4.59. The molecule has 0 unspecified atom stereocenters. The number of thiocarbonyl (C=S) groups is 1. The topological polar surface area (TPSA) is 82.0 Å². The minimum Gasteiger partial charge on any atom is -0.497 e. The van der Waals surface area contributed by atoms with E-state index < -0.39 is 0 Å². The standard InChI is InChI=1S/C22H23N5OS/c1-14-4-5-15(2)20(10-14)27-22(29)25-9-8-24-21-17(13-23)11-16-12-18(28-3)6-7-19(16)26-21/h4-7,10-12H,8-9H2,1-3H3,(H,24,26)(H2,25,27,29). The van der Waals surface area contributed by atoms with E-state index in [1.165, 1.54) is 5.56 Å². The fourth-order valence-corrected chi connectivity index (χ4v) is 3.11. The Bertz CT molecular complexity index is 1090. The average molecular weight is 406 g/mol. The van der Waals surface area contributed by atoms with Gasteiger partial charge in [-0.1, -0.05) is 12.1 Å². The molecule has 2 aromatic carbocycles. The van der Waals surface area contributed by atoms with Crippen molar-refractivity contribution in [3.63, 3.8) is 0 Å². The Morgan fingerprint density at radius 2 is 1.97 bits per heavy atom. The highest BCUT2D eigenvalue weighted by molar-refractivity contribution is 7.80. The van der Waals surface area contributed by atoms with Crippen LogP contribution in [0.25, 0.3) is 10.9 Å². The summed E-state index contributed by atoms with van der Waals surface area (Å²) in [4.78, 5) is 4.56. The number of anilines is 2. The minimum absolute atomic E-state index is 0.488. The van der Waals surface area contributed by atoms with Crippen molar-refractivity contribution in [2.75, 3.05) is 30.8 Å². The predicted molar refractivity (Wildman–Crippen MR) is 122 cm³/mol. The van der Waals surface area contributed by atoms with Crippen molar-refractivity contribution >= 4 is 39.7 Å². The summed E-state index contributed by atoms with van der Waals surface area (Å²) < 4.78 is 5.23. The van der Waals surface area contributed by atoms with E-state index in [-0.39, 0.29) is 0 Å². The molecule has 3 N–H and O–H groups in total. The lowest BCUT2D eigenvalue weighted by molar-refractivity contribution is 0.415. The van der Waals surface area contributed by atoms with Gasteiger partial charge in [-0.05, 0) is 67.5 Å².